The largest absolute Gasteiger partial charge is 0.480 e. The highest BCUT2D eigenvalue weighted by Crippen LogP contribution is 2.17. The number of aliphatic imine (C=N–C) groups is 1. The minimum absolute atomic E-state index is 0.0889. The molecule has 1 aliphatic heterocycles. The van der Waals surface area contributed by atoms with Gasteiger partial charge in [-0.3, -0.25) is 29.1 Å². The molecule has 1 atom stereocenters. The summed E-state index contributed by atoms with van der Waals surface area (Å²) in [6, 6.07) is 7.37. The number of hydrogen-bond acceptors (Lipinski definition) is 10. The maximum atomic E-state index is 11.5. The summed E-state index contributed by atoms with van der Waals surface area (Å²) in [5.41, 5.74) is 1.71. The zero-order valence-electron chi connectivity index (χ0n) is 17.1. The average Bonchev–Trinajstić information content (AvgIpc) is 2.82. The normalized spacial score (nSPS) is 18.6. The lowest BCUT2D eigenvalue weighted by atomic mass is 10.0. The summed E-state index contributed by atoms with van der Waals surface area (Å²) in [7, 11) is 0. The molecule has 0 amide bonds. The van der Waals surface area contributed by atoms with Crippen LogP contribution in [0.3, 0.4) is 0 Å². The van der Waals surface area contributed by atoms with Crippen LogP contribution in [-0.4, -0.2) is 103 Å². The molecule has 10 nitrogen and oxygen atoms in total. The zero-order chi connectivity index (χ0) is 22.5. The zero-order valence-corrected chi connectivity index (χ0v) is 17.9. The minimum Gasteiger partial charge on any atom is -0.480 e. The maximum Gasteiger partial charge on any atom is 0.317 e. The fourth-order valence-corrected chi connectivity index (χ4v) is 3.58. The van der Waals surface area contributed by atoms with Gasteiger partial charge in [-0.15, -0.1) is 0 Å². The van der Waals surface area contributed by atoms with E-state index in [2.05, 4.69) is 22.4 Å². The van der Waals surface area contributed by atoms with Gasteiger partial charge in [0.05, 0.1) is 17.4 Å². The Morgan fingerprint density at radius 3 is 2.32 bits per heavy atom. The smallest absolute Gasteiger partial charge is 0.317 e. The molecule has 1 saturated heterocycles. The van der Waals surface area contributed by atoms with Crippen LogP contribution in [0.4, 0.5) is 5.69 Å². The van der Waals surface area contributed by atoms with Crippen molar-refractivity contribution in [2.45, 2.75) is 12.5 Å². The molecule has 1 aliphatic rings. The number of thiocarbonyl (C=S) groups is 1. The molecule has 1 unspecified atom stereocenters. The van der Waals surface area contributed by atoms with Crippen LogP contribution >= 0.6 is 12.2 Å². The first-order valence-corrected chi connectivity index (χ1v) is 10.1. The lowest BCUT2D eigenvalue weighted by molar-refractivity contribution is -0.139. The highest BCUT2D eigenvalue weighted by atomic mass is 32.1. The minimum atomic E-state index is -0.929. The molecule has 0 bridgehead atoms. The van der Waals surface area contributed by atoms with Crippen molar-refractivity contribution in [2.75, 3.05) is 52.7 Å². The van der Waals surface area contributed by atoms with Crippen molar-refractivity contribution < 1.29 is 29.0 Å². The molecule has 31 heavy (non-hydrogen) atoms. The molecule has 0 aliphatic carbocycles. The summed E-state index contributed by atoms with van der Waals surface area (Å²) in [4.78, 5) is 42.5. The monoisotopic (exact) mass is 450 g/mol. The van der Waals surface area contributed by atoms with Gasteiger partial charge in [-0.25, -0.2) is 0 Å². The third kappa shape index (κ3) is 8.91. The molecular formula is C20H26N4O6S. The van der Waals surface area contributed by atoms with Crippen LogP contribution in [0.5, 0.6) is 0 Å². The number of benzene rings is 1. The van der Waals surface area contributed by atoms with E-state index in [1.807, 2.05) is 39.0 Å². The number of nitrogens with zero attached hydrogens (tertiary/aromatic N) is 4. The van der Waals surface area contributed by atoms with E-state index in [0.29, 0.717) is 57.8 Å². The number of carboxylic acids is 1. The number of rotatable bonds is 11. The number of carbonyl (C=O) groups is 3. The molecule has 0 spiro atoms. The predicted molar refractivity (Wildman–Crippen MR) is 115 cm³/mol. The van der Waals surface area contributed by atoms with Crippen LogP contribution in [0.2, 0.25) is 0 Å². The first-order chi connectivity index (χ1) is 15.0. The molecule has 1 heterocycles. The standard InChI is InChI=1S/C20H26N4O6S/c25-15-29-13-22-5-6-23(14-30-16-26)10-19(24(8-7-22)11-20(27)28)9-17-1-3-18(4-2-17)21-12-31/h1-4,15-16,19H,5-11,13-14H2,(H,27,28). The first-order valence-electron chi connectivity index (χ1n) is 9.73. The predicted octanol–water partition coefficient (Wildman–Crippen LogP) is 0.597. The average molecular weight is 451 g/mol. The molecule has 11 heteroatoms. The fourth-order valence-electron chi connectivity index (χ4n) is 3.48. The summed E-state index contributed by atoms with van der Waals surface area (Å²) < 4.78 is 9.84. The Hall–Kier alpha value is -2.69. The molecule has 1 aromatic carbocycles. The van der Waals surface area contributed by atoms with Gasteiger partial charge < -0.3 is 14.6 Å². The first kappa shape index (κ1) is 24.6. The van der Waals surface area contributed by atoms with Crippen molar-refractivity contribution in [3.8, 4) is 0 Å². The van der Waals surface area contributed by atoms with Crippen LogP contribution in [0.25, 0.3) is 0 Å². The summed E-state index contributed by atoms with van der Waals surface area (Å²) >= 11 is 4.62. The summed E-state index contributed by atoms with van der Waals surface area (Å²) in [6.07, 6.45) is 0.595. The molecule has 1 fully saturated rings. The molecule has 1 N–H and O–H groups in total. The lowest BCUT2D eigenvalue weighted by Gasteiger charge is -2.33. The Morgan fingerprint density at radius 2 is 1.71 bits per heavy atom. The van der Waals surface area contributed by atoms with Gasteiger partial charge in [0, 0.05) is 38.8 Å². The Morgan fingerprint density at radius 1 is 1.10 bits per heavy atom. The summed E-state index contributed by atoms with van der Waals surface area (Å²) in [5, 5.41) is 11.8. The highest BCUT2D eigenvalue weighted by Gasteiger charge is 2.26. The van der Waals surface area contributed by atoms with Crippen LogP contribution in [0, 0.1) is 0 Å². The van der Waals surface area contributed by atoms with E-state index < -0.39 is 5.97 Å². The van der Waals surface area contributed by atoms with E-state index in [1.165, 1.54) is 0 Å². The molecule has 2 rings (SSSR count). The van der Waals surface area contributed by atoms with Crippen LogP contribution in [-0.2, 0) is 30.3 Å². The molecule has 168 valence electrons. The van der Waals surface area contributed by atoms with Crippen molar-refractivity contribution >= 4 is 42.0 Å². The van der Waals surface area contributed by atoms with Gasteiger partial charge in [0.15, 0.2) is 0 Å². The number of hydrogen-bond donors (Lipinski definition) is 1. The quantitative estimate of drug-likeness (QED) is 0.292. The second-order valence-electron chi connectivity index (χ2n) is 7.07. The van der Waals surface area contributed by atoms with Crippen LogP contribution < -0.4 is 0 Å². The Kier molecular flexibility index (Phi) is 10.8. The van der Waals surface area contributed by atoms with Crippen LogP contribution in [0.1, 0.15) is 5.56 Å². The van der Waals surface area contributed by atoms with Crippen molar-refractivity contribution in [2.24, 2.45) is 4.99 Å². The number of isothiocyanates is 1. The van der Waals surface area contributed by atoms with Crippen molar-refractivity contribution in [3.05, 3.63) is 29.8 Å². The number of carbonyl (C=O) groups excluding carboxylic acids is 2. The molecule has 0 aromatic heterocycles. The fraction of sp³-hybridized carbons (Fsp3) is 0.500. The van der Waals surface area contributed by atoms with Gasteiger partial charge >= 0.3 is 5.97 Å². The van der Waals surface area contributed by atoms with Gasteiger partial charge in [0.1, 0.15) is 13.5 Å². The molecule has 1 aromatic rings. The van der Waals surface area contributed by atoms with Gasteiger partial charge in [-0.2, -0.15) is 4.99 Å². The SMILES string of the molecule is O=COCN1CCN(COC=O)CC(Cc2ccc(N=C=S)cc2)N(CC(=O)O)CC1. The van der Waals surface area contributed by atoms with Crippen molar-refractivity contribution in [3.63, 3.8) is 0 Å². The van der Waals surface area contributed by atoms with Crippen LogP contribution in [0.15, 0.2) is 29.3 Å². The second kappa shape index (κ2) is 13.6. The Labute approximate surface area is 186 Å². The van der Waals surface area contributed by atoms with Gasteiger partial charge in [0.25, 0.3) is 12.9 Å². The van der Waals surface area contributed by atoms with Crippen molar-refractivity contribution in [1.82, 2.24) is 14.7 Å². The maximum absolute atomic E-state index is 11.5. The van der Waals surface area contributed by atoms with Gasteiger partial charge in [-0.05, 0) is 36.3 Å². The highest BCUT2D eigenvalue weighted by molar-refractivity contribution is 7.78. The molecule has 0 saturated carbocycles. The lowest BCUT2D eigenvalue weighted by Crippen LogP contribution is -2.48. The summed E-state index contributed by atoms with van der Waals surface area (Å²) in [6.45, 7) is 3.49. The topological polar surface area (TPSA) is 112 Å². The second-order valence-corrected chi connectivity index (χ2v) is 7.25. The van der Waals surface area contributed by atoms with Gasteiger partial charge in [0.2, 0.25) is 0 Å². The number of aliphatic carboxylic acids is 1. The van der Waals surface area contributed by atoms with E-state index in [-0.39, 0.29) is 26.0 Å². The molecular weight excluding hydrogens is 424 g/mol. The summed E-state index contributed by atoms with van der Waals surface area (Å²) in [5.74, 6) is -0.929. The van der Waals surface area contributed by atoms with Crippen molar-refractivity contribution in [1.29, 1.82) is 0 Å². The number of carboxylic acid groups (broad SMARTS) is 1. The Balaban J connectivity index is 2.24. The van der Waals surface area contributed by atoms with Gasteiger partial charge in [-0.1, -0.05) is 12.1 Å². The van der Waals surface area contributed by atoms with E-state index in [4.69, 9.17) is 9.47 Å². The third-order valence-corrected chi connectivity index (χ3v) is 5.08. The number of ether oxygens (including phenoxy) is 2. The van der Waals surface area contributed by atoms with E-state index in [9.17, 15) is 19.5 Å². The van der Waals surface area contributed by atoms with E-state index in [0.717, 1.165) is 5.56 Å². The molecule has 0 radical (unpaired) electrons. The Bertz CT molecular complexity index is 771. The van der Waals surface area contributed by atoms with E-state index in [1.54, 1.807) is 0 Å². The third-order valence-electron chi connectivity index (χ3n) is 4.99. The van der Waals surface area contributed by atoms with E-state index >= 15 is 0 Å².